The van der Waals surface area contributed by atoms with Crippen LogP contribution in [0.3, 0.4) is 0 Å². The minimum absolute atomic E-state index is 0.0407. The fourth-order valence-electron chi connectivity index (χ4n) is 4.46. The summed E-state index contributed by atoms with van der Waals surface area (Å²) >= 11 is 0. The number of nitrogens with zero attached hydrogens (tertiary/aromatic N) is 3. The number of hydrogen-bond acceptors (Lipinski definition) is 4. The second kappa shape index (κ2) is 9.22. The molecule has 0 radical (unpaired) electrons. The lowest BCUT2D eigenvalue weighted by Gasteiger charge is -2.42. The van der Waals surface area contributed by atoms with E-state index in [1.165, 1.54) is 0 Å². The van der Waals surface area contributed by atoms with E-state index >= 15 is 0 Å². The third-order valence-electron chi connectivity index (χ3n) is 6.11. The third kappa shape index (κ3) is 4.85. The number of pyridine rings is 1. The quantitative estimate of drug-likeness (QED) is 0.812. The summed E-state index contributed by atoms with van der Waals surface area (Å²) < 4.78 is 0. The maximum absolute atomic E-state index is 12.7. The van der Waals surface area contributed by atoms with Crippen LogP contribution in [0.4, 0.5) is 0 Å². The van der Waals surface area contributed by atoms with Crippen LogP contribution in [-0.2, 0) is 11.3 Å². The van der Waals surface area contributed by atoms with E-state index in [1.54, 1.807) is 18.6 Å². The highest BCUT2D eigenvalue weighted by Gasteiger charge is 2.32. The van der Waals surface area contributed by atoms with Gasteiger partial charge < -0.3 is 15.2 Å². The highest BCUT2D eigenvalue weighted by atomic mass is 16.2. The van der Waals surface area contributed by atoms with Gasteiger partial charge in [-0.05, 0) is 56.0 Å². The zero-order valence-corrected chi connectivity index (χ0v) is 16.7. The molecule has 0 aromatic carbocycles. The molecule has 7 heteroatoms. The maximum Gasteiger partial charge on any atom is 0.270 e. The summed E-state index contributed by atoms with van der Waals surface area (Å²) in [6, 6.07) is 8.00. The smallest absolute Gasteiger partial charge is 0.270 e. The molecule has 2 aliphatic rings. The first-order chi connectivity index (χ1) is 14.2. The van der Waals surface area contributed by atoms with Crippen molar-refractivity contribution in [3.8, 4) is 0 Å². The minimum atomic E-state index is 0.0407. The molecule has 2 aliphatic heterocycles. The lowest BCUT2D eigenvalue weighted by molar-refractivity contribution is -0.127. The normalized spacial score (nSPS) is 21.1. The standard InChI is InChI=1S/C22H29N5O2/c28-21(25-15-17-4-1-9-23-14-17)18-5-3-11-27(16-18)19-7-12-26(13-8-19)22(29)20-6-2-10-24-20/h1-2,4,6,9-10,14,18-19,24H,3,5,7-8,11-13,15-16H2,(H,25,28)/t18-/m1/s1. The van der Waals surface area contributed by atoms with Gasteiger partial charge in [0.05, 0.1) is 5.92 Å². The monoisotopic (exact) mass is 395 g/mol. The Kier molecular flexibility index (Phi) is 6.24. The summed E-state index contributed by atoms with van der Waals surface area (Å²) in [4.78, 5) is 36.7. The Labute approximate surface area is 171 Å². The summed E-state index contributed by atoms with van der Waals surface area (Å²) in [5.41, 5.74) is 1.68. The molecule has 0 spiro atoms. The van der Waals surface area contributed by atoms with E-state index in [4.69, 9.17) is 0 Å². The van der Waals surface area contributed by atoms with Gasteiger partial charge in [-0.2, -0.15) is 0 Å². The Hall–Kier alpha value is -2.67. The first-order valence-corrected chi connectivity index (χ1v) is 10.5. The molecule has 2 aromatic heterocycles. The van der Waals surface area contributed by atoms with E-state index in [1.807, 2.05) is 29.2 Å². The lowest BCUT2D eigenvalue weighted by atomic mass is 9.93. The average Bonchev–Trinajstić information content (AvgIpc) is 3.33. The van der Waals surface area contributed by atoms with Crippen molar-refractivity contribution >= 4 is 11.8 Å². The second-order valence-electron chi connectivity index (χ2n) is 8.02. The first-order valence-electron chi connectivity index (χ1n) is 10.5. The van der Waals surface area contributed by atoms with Gasteiger partial charge in [0, 0.05) is 50.8 Å². The molecule has 7 nitrogen and oxygen atoms in total. The van der Waals surface area contributed by atoms with Gasteiger partial charge in [-0.15, -0.1) is 0 Å². The number of rotatable bonds is 5. The van der Waals surface area contributed by atoms with Crippen molar-refractivity contribution in [1.82, 2.24) is 25.1 Å². The van der Waals surface area contributed by atoms with Crippen LogP contribution in [0.25, 0.3) is 0 Å². The van der Waals surface area contributed by atoms with E-state index < -0.39 is 0 Å². The Morgan fingerprint density at radius 1 is 1.14 bits per heavy atom. The van der Waals surface area contributed by atoms with E-state index in [0.29, 0.717) is 18.3 Å². The molecule has 2 saturated heterocycles. The van der Waals surface area contributed by atoms with Crippen molar-refractivity contribution in [2.75, 3.05) is 26.2 Å². The van der Waals surface area contributed by atoms with Crippen LogP contribution in [-0.4, -0.2) is 63.8 Å². The summed E-state index contributed by atoms with van der Waals surface area (Å²) in [5.74, 6) is 0.261. The summed E-state index contributed by atoms with van der Waals surface area (Å²) in [5, 5.41) is 3.07. The highest BCUT2D eigenvalue weighted by molar-refractivity contribution is 5.92. The van der Waals surface area contributed by atoms with Crippen LogP contribution >= 0.6 is 0 Å². The first kappa shape index (κ1) is 19.6. The molecular weight excluding hydrogens is 366 g/mol. The molecule has 2 N–H and O–H groups in total. The highest BCUT2D eigenvalue weighted by Crippen LogP contribution is 2.24. The van der Waals surface area contributed by atoms with E-state index in [9.17, 15) is 9.59 Å². The number of carbonyl (C=O) groups is 2. The maximum atomic E-state index is 12.7. The zero-order chi connectivity index (χ0) is 20.1. The van der Waals surface area contributed by atoms with Crippen LogP contribution < -0.4 is 5.32 Å². The zero-order valence-electron chi connectivity index (χ0n) is 16.7. The lowest BCUT2D eigenvalue weighted by Crippen LogP contribution is -2.51. The van der Waals surface area contributed by atoms with Crippen molar-refractivity contribution in [3.63, 3.8) is 0 Å². The van der Waals surface area contributed by atoms with Gasteiger partial charge >= 0.3 is 0 Å². The SMILES string of the molecule is O=C(NCc1cccnc1)[C@@H]1CCCN(C2CCN(C(=O)c3ccc[nH]3)CC2)C1. The summed E-state index contributed by atoms with van der Waals surface area (Å²) in [7, 11) is 0. The van der Waals surface area contributed by atoms with Gasteiger partial charge in [0.2, 0.25) is 5.91 Å². The number of aromatic amines is 1. The topological polar surface area (TPSA) is 81.3 Å². The fourth-order valence-corrected chi connectivity index (χ4v) is 4.46. The molecule has 2 aromatic rings. The van der Waals surface area contributed by atoms with Crippen molar-refractivity contribution in [2.45, 2.75) is 38.3 Å². The molecule has 154 valence electrons. The fraction of sp³-hybridized carbons (Fsp3) is 0.500. The van der Waals surface area contributed by atoms with Crippen molar-refractivity contribution in [1.29, 1.82) is 0 Å². The van der Waals surface area contributed by atoms with Crippen LogP contribution in [0, 0.1) is 5.92 Å². The van der Waals surface area contributed by atoms with E-state index in [0.717, 1.165) is 57.4 Å². The Bertz CT molecular complexity index is 800. The minimum Gasteiger partial charge on any atom is -0.357 e. The second-order valence-corrected chi connectivity index (χ2v) is 8.02. The van der Waals surface area contributed by atoms with Gasteiger partial charge in [-0.25, -0.2) is 0 Å². The largest absolute Gasteiger partial charge is 0.357 e. The molecule has 4 rings (SSSR count). The van der Waals surface area contributed by atoms with Crippen molar-refractivity contribution in [3.05, 3.63) is 54.1 Å². The predicted octanol–water partition coefficient (Wildman–Crippen LogP) is 2.04. The molecule has 0 aliphatic carbocycles. The van der Waals surface area contributed by atoms with Gasteiger partial charge in [0.25, 0.3) is 5.91 Å². The summed E-state index contributed by atoms with van der Waals surface area (Å²) in [6.07, 6.45) is 9.24. The Morgan fingerprint density at radius 3 is 2.72 bits per heavy atom. The van der Waals surface area contributed by atoms with Crippen LogP contribution in [0.15, 0.2) is 42.9 Å². The molecular formula is C22H29N5O2. The number of hydrogen-bond donors (Lipinski definition) is 2. The van der Waals surface area contributed by atoms with Crippen molar-refractivity contribution < 1.29 is 9.59 Å². The molecule has 4 heterocycles. The van der Waals surface area contributed by atoms with Gasteiger partial charge in [-0.3, -0.25) is 19.5 Å². The van der Waals surface area contributed by atoms with E-state index in [-0.39, 0.29) is 17.7 Å². The molecule has 0 saturated carbocycles. The molecule has 1 atom stereocenters. The number of aromatic nitrogens is 2. The number of piperidine rings is 2. The molecule has 29 heavy (non-hydrogen) atoms. The Morgan fingerprint density at radius 2 is 2.00 bits per heavy atom. The van der Waals surface area contributed by atoms with Crippen molar-refractivity contribution in [2.24, 2.45) is 5.92 Å². The molecule has 0 bridgehead atoms. The molecule has 2 amide bonds. The number of nitrogens with one attached hydrogen (secondary N) is 2. The van der Waals surface area contributed by atoms with Gasteiger partial charge in [0.1, 0.15) is 5.69 Å². The average molecular weight is 396 g/mol. The van der Waals surface area contributed by atoms with Gasteiger partial charge in [0.15, 0.2) is 0 Å². The third-order valence-corrected chi connectivity index (χ3v) is 6.11. The number of likely N-dealkylation sites (tertiary alicyclic amines) is 2. The number of amides is 2. The Balaban J connectivity index is 1.25. The van der Waals surface area contributed by atoms with Gasteiger partial charge in [-0.1, -0.05) is 6.07 Å². The predicted molar refractivity (Wildman–Crippen MR) is 110 cm³/mol. The number of H-pyrrole nitrogens is 1. The molecule has 2 fully saturated rings. The number of carbonyl (C=O) groups excluding carboxylic acids is 2. The van der Waals surface area contributed by atoms with E-state index in [2.05, 4.69) is 20.2 Å². The molecule has 0 unspecified atom stereocenters. The van der Waals surface area contributed by atoms with Crippen LogP contribution in [0.1, 0.15) is 41.7 Å². The van der Waals surface area contributed by atoms with Crippen LogP contribution in [0.2, 0.25) is 0 Å². The van der Waals surface area contributed by atoms with Crippen LogP contribution in [0.5, 0.6) is 0 Å². The summed E-state index contributed by atoms with van der Waals surface area (Å²) in [6.45, 7) is 3.94.